The molecular formula is C19H24N2O4S. The number of nitrogens with zero attached hydrogens (tertiary/aromatic N) is 1. The topological polar surface area (TPSA) is 82.8 Å². The molecule has 0 aromatic carbocycles. The van der Waals surface area contributed by atoms with E-state index in [9.17, 15) is 9.59 Å². The number of aryl methyl sites for hydroxylation is 1. The third-order valence-electron chi connectivity index (χ3n) is 4.76. The molecule has 7 heteroatoms. The Morgan fingerprint density at radius 2 is 2.00 bits per heavy atom. The zero-order valence-corrected chi connectivity index (χ0v) is 15.6. The molecule has 1 aliphatic rings. The summed E-state index contributed by atoms with van der Waals surface area (Å²) < 4.78 is 5.40. The predicted octanol–water partition coefficient (Wildman–Crippen LogP) is 4.00. The Kier molecular flexibility index (Phi) is 5.98. The molecule has 2 heterocycles. The standard InChI is InChI=1S/C19H24N2O4S/c1-13-4-9-17(26-13)12-21(11-16-3-2-10-25-16)19(24)20-15-7-5-14(6-8-15)18(22)23/h2-4,9-10,14-15H,5-8,11-12H2,1H3,(H,20,24)(H,22,23). The number of aliphatic carboxylic acids is 1. The highest BCUT2D eigenvalue weighted by atomic mass is 32.1. The van der Waals surface area contributed by atoms with Crippen LogP contribution in [0.3, 0.4) is 0 Å². The summed E-state index contributed by atoms with van der Waals surface area (Å²) in [6.07, 6.45) is 4.24. The number of rotatable bonds is 6. The average molecular weight is 376 g/mol. The number of carbonyl (C=O) groups excluding carboxylic acids is 1. The number of carbonyl (C=O) groups is 2. The molecule has 1 saturated carbocycles. The first kappa shape index (κ1) is 18.5. The van der Waals surface area contributed by atoms with Crippen LogP contribution in [0.25, 0.3) is 0 Å². The van der Waals surface area contributed by atoms with Gasteiger partial charge in [-0.2, -0.15) is 0 Å². The Balaban J connectivity index is 1.61. The summed E-state index contributed by atoms with van der Waals surface area (Å²) >= 11 is 1.68. The first-order valence-corrected chi connectivity index (χ1v) is 9.69. The van der Waals surface area contributed by atoms with E-state index in [4.69, 9.17) is 9.52 Å². The van der Waals surface area contributed by atoms with E-state index in [-0.39, 0.29) is 18.0 Å². The van der Waals surface area contributed by atoms with Gasteiger partial charge < -0.3 is 19.7 Å². The van der Waals surface area contributed by atoms with Gasteiger partial charge in [-0.25, -0.2) is 4.79 Å². The molecule has 2 aromatic rings. The van der Waals surface area contributed by atoms with Crippen molar-refractivity contribution >= 4 is 23.3 Å². The van der Waals surface area contributed by atoms with Crippen molar-refractivity contribution in [1.29, 1.82) is 0 Å². The summed E-state index contributed by atoms with van der Waals surface area (Å²) in [4.78, 5) is 28.0. The van der Waals surface area contributed by atoms with Crippen LogP contribution in [-0.2, 0) is 17.9 Å². The minimum absolute atomic E-state index is 0.0299. The zero-order valence-electron chi connectivity index (χ0n) is 14.8. The lowest BCUT2D eigenvalue weighted by molar-refractivity contribution is -0.142. The molecule has 6 nitrogen and oxygen atoms in total. The van der Waals surface area contributed by atoms with Crippen LogP contribution in [0.4, 0.5) is 4.79 Å². The molecule has 2 N–H and O–H groups in total. The number of furan rings is 1. The van der Waals surface area contributed by atoms with Gasteiger partial charge in [-0.15, -0.1) is 11.3 Å². The van der Waals surface area contributed by atoms with E-state index in [1.165, 1.54) is 4.88 Å². The number of amides is 2. The second-order valence-electron chi connectivity index (χ2n) is 6.78. The summed E-state index contributed by atoms with van der Waals surface area (Å²) in [5.41, 5.74) is 0. The monoisotopic (exact) mass is 376 g/mol. The van der Waals surface area contributed by atoms with Gasteiger partial charge in [-0.1, -0.05) is 0 Å². The molecule has 0 aliphatic heterocycles. The van der Waals surface area contributed by atoms with E-state index < -0.39 is 5.97 Å². The maximum atomic E-state index is 12.8. The smallest absolute Gasteiger partial charge is 0.318 e. The summed E-state index contributed by atoms with van der Waals surface area (Å²) in [5, 5.41) is 12.2. The first-order valence-electron chi connectivity index (χ1n) is 8.87. The van der Waals surface area contributed by atoms with E-state index in [1.807, 2.05) is 25.1 Å². The number of hydrogen-bond acceptors (Lipinski definition) is 4. The lowest BCUT2D eigenvalue weighted by Crippen LogP contribution is -2.45. The maximum Gasteiger partial charge on any atom is 0.318 e. The number of carboxylic acids is 1. The molecule has 3 rings (SSSR count). The Morgan fingerprint density at radius 1 is 1.23 bits per heavy atom. The highest BCUT2D eigenvalue weighted by Crippen LogP contribution is 2.25. The van der Waals surface area contributed by atoms with Gasteiger partial charge in [0, 0.05) is 15.8 Å². The number of carboxylic acid groups (broad SMARTS) is 1. The Labute approximate surface area is 156 Å². The Morgan fingerprint density at radius 3 is 2.58 bits per heavy atom. The fourth-order valence-electron chi connectivity index (χ4n) is 3.30. The molecule has 140 valence electrons. The normalized spacial score (nSPS) is 19.9. The predicted molar refractivity (Wildman–Crippen MR) is 98.9 cm³/mol. The quantitative estimate of drug-likeness (QED) is 0.798. The van der Waals surface area contributed by atoms with Gasteiger partial charge in [0.25, 0.3) is 0 Å². The van der Waals surface area contributed by atoms with E-state index in [0.29, 0.717) is 38.8 Å². The van der Waals surface area contributed by atoms with Crippen LogP contribution >= 0.6 is 11.3 Å². The molecule has 0 bridgehead atoms. The van der Waals surface area contributed by atoms with Crippen LogP contribution in [0.5, 0.6) is 0 Å². The van der Waals surface area contributed by atoms with Gasteiger partial charge in [0.15, 0.2) is 0 Å². The van der Waals surface area contributed by atoms with Crippen molar-refractivity contribution in [2.24, 2.45) is 5.92 Å². The molecule has 26 heavy (non-hydrogen) atoms. The number of hydrogen-bond donors (Lipinski definition) is 2. The van der Waals surface area contributed by atoms with Gasteiger partial charge in [-0.3, -0.25) is 4.79 Å². The van der Waals surface area contributed by atoms with Crippen LogP contribution in [0.15, 0.2) is 34.9 Å². The highest BCUT2D eigenvalue weighted by Gasteiger charge is 2.28. The van der Waals surface area contributed by atoms with Gasteiger partial charge in [0.1, 0.15) is 5.76 Å². The second-order valence-corrected chi connectivity index (χ2v) is 8.16. The molecule has 0 unspecified atom stereocenters. The van der Waals surface area contributed by atoms with Crippen LogP contribution < -0.4 is 5.32 Å². The van der Waals surface area contributed by atoms with Gasteiger partial charge in [0.2, 0.25) is 0 Å². The Bertz CT molecular complexity index is 733. The van der Waals surface area contributed by atoms with Gasteiger partial charge >= 0.3 is 12.0 Å². The van der Waals surface area contributed by atoms with E-state index in [0.717, 1.165) is 10.6 Å². The summed E-state index contributed by atoms with van der Waals surface area (Å²) in [6, 6.07) is 7.66. The minimum atomic E-state index is -0.734. The summed E-state index contributed by atoms with van der Waals surface area (Å²) in [7, 11) is 0. The third kappa shape index (κ3) is 4.88. The molecule has 1 aliphatic carbocycles. The largest absolute Gasteiger partial charge is 0.481 e. The third-order valence-corrected chi connectivity index (χ3v) is 5.75. The van der Waals surface area contributed by atoms with Crippen molar-refractivity contribution in [3.8, 4) is 0 Å². The van der Waals surface area contributed by atoms with Crippen LogP contribution in [-0.4, -0.2) is 28.0 Å². The number of nitrogens with one attached hydrogen (secondary N) is 1. The molecule has 0 radical (unpaired) electrons. The van der Waals surface area contributed by atoms with Crippen molar-refractivity contribution in [3.05, 3.63) is 46.0 Å². The van der Waals surface area contributed by atoms with Crippen LogP contribution in [0.1, 0.15) is 41.2 Å². The molecule has 1 fully saturated rings. The van der Waals surface area contributed by atoms with Crippen molar-refractivity contribution in [1.82, 2.24) is 10.2 Å². The second kappa shape index (κ2) is 8.40. The van der Waals surface area contributed by atoms with Gasteiger partial charge in [0.05, 0.1) is 25.3 Å². The molecule has 2 amide bonds. The van der Waals surface area contributed by atoms with Crippen LogP contribution in [0, 0.1) is 12.8 Å². The summed E-state index contributed by atoms with van der Waals surface area (Å²) in [5.74, 6) is -0.276. The fraction of sp³-hybridized carbons (Fsp3) is 0.474. The Hall–Kier alpha value is -2.28. The van der Waals surface area contributed by atoms with Gasteiger partial charge in [-0.05, 0) is 56.9 Å². The van der Waals surface area contributed by atoms with E-state index >= 15 is 0 Å². The zero-order chi connectivity index (χ0) is 18.5. The lowest BCUT2D eigenvalue weighted by atomic mass is 9.86. The highest BCUT2D eigenvalue weighted by molar-refractivity contribution is 7.11. The molecule has 0 spiro atoms. The van der Waals surface area contributed by atoms with E-state index in [1.54, 1.807) is 22.5 Å². The lowest BCUT2D eigenvalue weighted by Gasteiger charge is -2.29. The van der Waals surface area contributed by atoms with Crippen molar-refractivity contribution < 1.29 is 19.1 Å². The number of urea groups is 1. The molecular weight excluding hydrogens is 352 g/mol. The number of thiophene rings is 1. The molecule has 2 aromatic heterocycles. The minimum Gasteiger partial charge on any atom is -0.481 e. The van der Waals surface area contributed by atoms with Crippen molar-refractivity contribution in [3.63, 3.8) is 0 Å². The fourth-order valence-corrected chi connectivity index (χ4v) is 4.21. The van der Waals surface area contributed by atoms with Crippen molar-refractivity contribution in [2.75, 3.05) is 0 Å². The first-order chi connectivity index (χ1) is 12.5. The van der Waals surface area contributed by atoms with Crippen LogP contribution in [0.2, 0.25) is 0 Å². The molecule has 0 atom stereocenters. The van der Waals surface area contributed by atoms with Crippen molar-refractivity contribution in [2.45, 2.75) is 51.7 Å². The maximum absolute atomic E-state index is 12.8. The summed E-state index contributed by atoms with van der Waals surface area (Å²) in [6.45, 7) is 2.97. The average Bonchev–Trinajstić information content (AvgIpc) is 3.26. The molecule has 0 saturated heterocycles. The van der Waals surface area contributed by atoms with E-state index in [2.05, 4.69) is 11.4 Å². The SMILES string of the molecule is Cc1ccc(CN(Cc2ccco2)C(=O)NC2CCC(C(=O)O)CC2)s1.